The number of amides is 1. The summed E-state index contributed by atoms with van der Waals surface area (Å²) < 4.78 is 13.7. The van der Waals surface area contributed by atoms with E-state index in [-0.39, 0.29) is 24.3 Å². The third-order valence-corrected chi connectivity index (χ3v) is 7.46. The summed E-state index contributed by atoms with van der Waals surface area (Å²) in [6.07, 6.45) is 0.655. The van der Waals surface area contributed by atoms with E-state index in [4.69, 9.17) is 9.97 Å². The summed E-state index contributed by atoms with van der Waals surface area (Å²) >= 11 is 0. The minimum absolute atomic E-state index is 0.0133. The lowest BCUT2D eigenvalue weighted by molar-refractivity contribution is -0.124. The van der Waals surface area contributed by atoms with Crippen molar-refractivity contribution in [2.24, 2.45) is 0 Å². The van der Waals surface area contributed by atoms with Crippen molar-refractivity contribution in [1.82, 2.24) is 14.9 Å². The highest BCUT2D eigenvalue weighted by Crippen LogP contribution is 2.44. The number of nitriles is 1. The molecule has 1 fully saturated rings. The Labute approximate surface area is 210 Å². The number of halogens is 1. The first-order chi connectivity index (χ1) is 17.2. The van der Waals surface area contributed by atoms with E-state index >= 15 is 0 Å². The van der Waals surface area contributed by atoms with Crippen molar-refractivity contribution in [2.75, 3.05) is 30.4 Å². The zero-order valence-electron chi connectivity index (χ0n) is 21.0. The van der Waals surface area contributed by atoms with Gasteiger partial charge in [-0.25, -0.2) is 14.4 Å². The lowest BCUT2D eigenvalue weighted by Gasteiger charge is -2.41. The number of likely N-dealkylation sites (N-methyl/N-ethyl adjacent to an activating group) is 1. The first-order valence-electron chi connectivity index (χ1n) is 12.1. The Bertz CT molecular complexity index is 1380. The van der Waals surface area contributed by atoms with E-state index in [1.165, 1.54) is 12.1 Å². The Balaban J connectivity index is 1.62. The Kier molecular flexibility index (Phi) is 5.97. The van der Waals surface area contributed by atoms with E-state index < -0.39 is 5.41 Å². The molecule has 36 heavy (non-hydrogen) atoms. The second kappa shape index (κ2) is 8.99. The fraction of sp³-hybridized carbons (Fsp3) is 0.357. The molecule has 3 aromatic rings. The SMILES string of the molecule is Cc1nc(N[C@H](C)c2cccc(C#N)c2C)c2c(n1)[C@@]1(CCN(C)C1)C(=O)N(c1ccc(F)cc1)C2. The summed E-state index contributed by atoms with van der Waals surface area (Å²) in [6, 6.07) is 13.9. The van der Waals surface area contributed by atoms with E-state index in [0.717, 1.165) is 28.9 Å². The molecule has 1 amide bonds. The van der Waals surface area contributed by atoms with Gasteiger partial charge in [-0.2, -0.15) is 5.26 Å². The molecule has 1 N–H and O–H groups in total. The van der Waals surface area contributed by atoms with Crippen LogP contribution in [0.2, 0.25) is 0 Å². The second-order valence-electron chi connectivity index (χ2n) is 9.88. The fourth-order valence-electron chi connectivity index (χ4n) is 5.57. The van der Waals surface area contributed by atoms with Gasteiger partial charge in [0.1, 0.15) is 22.9 Å². The molecule has 0 saturated carbocycles. The molecule has 1 aromatic heterocycles. The number of hydrogen-bond donors (Lipinski definition) is 1. The number of carbonyl (C=O) groups excluding carboxylic acids is 1. The number of fused-ring (bicyclic) bond motifs is 2. The van der Waals surface area contributed by atoms with Crippen molar-refractivity contribution >= 4 is 17.4 Å². The molecule has 2 aliphatic heterocycles. The summed E-state index contributed by atoms with van der Waals surface area (Å²) in [5.41, 5.74) is 4.09. The van der Waals surface area contributed by atoms with E-state index in [2.05, 4.69) is 16.3 Å². The molecule has 0 aliphatic carbocycles. The van der Waals surface area contributed by atoms with Gasteiger partial charge in [-0.1, -0.05) is 12.1 Å². The van der Waals surface area contributed by atoms with Gasteiger partial charge in [0.25, 0.3) is 0 Å². The monoisotopic (exact) mass is 484 g/mol. The van der Waals surface area contributed by atoms with Gasteiger partial charge < -0.3 is 15.1 Å². The average molecular weight is 485 g/mol. The molecule has 5 rings (SSSR count). The van der Waals surface area contributed by atoms with E-state index in [1.807, 2.05) is 46.0 Å². The Morgan fingerprint density at radius 3 is 2.58 bits per heavy atom. The summed E-state index contributed by atoms with van der Waals surface area (Å²) in [7, 11) is 2.01. The molecular weight excluding hydrogens is 455 g/mol. The van der Waals surface area contributed by atoms with Gasteiger partial charge in [0.15, 0.2) is 0 Å². The Morgan fingerprint density at radius 1 is 1.17 bits per heavy atom. The van der Waals surface area contributed by atoms with Crippen LogP contribution >= 0.6 is 0 Å². The molecule has 3 heterocycles. The van der Waals surface area contributed by atoms with Crippen LogP contribution in [0.1, 0.15) is 53.2 Å². The van der Waals surface area contributed by atoms with Gasteiger partial charge in [-0.3, -0.25) is 4.79 Å². The third-order valence-electron chi connectivity index (χ3n) is 7.46. The van der Waals surface area contributed by atoms with Crippen LogP contribution in [0.3, 0.4) is 0 Å². The number of carbonyl (C=O) groups is 1. The van der Waals surface area contributed by atoms with Gasteiger partial charge in [-0.15, -0.1) is 0 Å². The van der Waals surface area contributed by atoms with Crippen molar-refractivity contribution in [3.8, 4) is 6.07 Å². The lowest BCUT2D eigenvalue weighted by atomic mass is 9.76. The van der Waals surface area contributed by atoms with Gasteiger partial charge in [0.05, 0.1) is 29.9 Å². The van der Waals surface area contributed by atoms with Crippen LogP contribution < -0.4 is 10.2 Å². The fourth-order valence-corrected chi connectivity index (χ4v) is 5.57. The maximum absolute atomic E-state index is 14.0. The minimum Gasteiger partial charge on any atom is -0.363 e. The predicted molar refractivity (Wildman–Crippen MR) is 136 cm³/mol. The third kappa shape index (κ3) is 3.90. The first-order valence-corrected chi connectivity index (χ1v) is 12.1. The summed E-state index contributed by atoms with van der Waals surface area (Å²) in [5.74, 6) is 0.924. The lowest BCUT2D eigenvalue weighted by Crippen LogP contribution is -2.53. The van der Waals surface area contributed by atoms with Crippen LogP contribution in [-0.2, 0) is 16.8 Å². The van der Waals surface area contributed by atoms with Crippen molar-refractivity contribution in [3.63, 3.8) is 0 Å². The number of hydrogen-bond acceptors (Lipinski definition) is 6. The molecule has 2 aromatic carbocycles. The molecule has 7 nitrogen and oxygen atoms in total. The summed E-state index contributed by atoms with van der Waals surface area (Å²) in [6.45, 7) is 7.47. The number of aromatic nitrogens is 2. The van der Waals surface area contributed by atoms with Crippen LogP contribution in [0.4, 0.5) is 15.9 Å². The molecule has 1 spiro atoms. The topological polar surface area (TPSA) is 85.1 Å². The number of aryl methyl sites for hydroxylation is 1. The number of rotatable bonds is 4. The number of benzene rings is 2. The van der Waals surface area contributed by atoms with Gasteiger partial charge in [-0.05, 0) is 82.2 Å². The summed E-state index contributed by atoms with van der Waals surface area (Å²) in [5, 5.41) is 13.0. The van der Waals surface area contributed by atoms with Crippen LogP contribution in [0.5, 0.6) is 0 Å². The van der Waals surface area contributed by atoms with Crippen molar-refractivity contribution in [2.45, 2.75) is 45.2 Å². The maximum Gasteiger partial charge on any atom is 0.240 e. The maximum atomic E-state index is 14.0. The zero-order valence-corrected chi connectivity index (χ0v) is 21.0. The van der Waals surface area contributed by atoms with E-state index in [0.29, 0.717) is 35.9 Å². The largest absolute Gasteiger partial charge is 0.363 e. The van der Waals surface area contributed by atoms with Crippen molar-refractivity contribution in [3.05, 3.63) is 82.1 Å². The number of nitrogens with zero attached hydrogens (tertiary/aromatic N) is 5. The van der Waals surface area contributed by atoms with Crippen LogP contribution in [-0.4, -0.2) is 40.9 Å². The number of nitrogens with one attached hydrogen (secondary N) is 1. The number of likely N-dealkylation sites (tertiary alicyclic amines) is 1. The van der Waals surface area contributed by atoms with Gasteiger partial charge >= 0.3 is 0 Å². The number of anilines is 2. The molecule has 0 unspecified atom stereocenters. The molecule has 8 heteroatoms. The Morgan fingerprint density at radius 2 is 1.92 bits per heavy atom. The summed E-state index contributed by atoms with van der Waals surface area (Å²) in [4.78, 5) is 27.5. The highest BCUT2D eigenvalue weighted by atomic mass is 19.1. The smallest absolute Gasteiger partial charge is 0.240 e. The normalized spacial score (nSPS) is 20.3. The molecule has 2 aliphatic rings. The van der Waals surface area contributed by atoms with Gasteiger partial charge in [0.2, 0.25) is 5.91 Å². The van der Waals surface area contributed by atoms with E-state index in [9.17, 15) is 14.4 Å². The molecule has 0 radical (unpaired) electrons. The highest BCUT2D eigenvalue weighted by Gasteiger charge is 2.53. The van der Waals surface area contributed by atoms with E-state index in [1.54, 1.807) is 17.0 Å². The minimum atomic E-state index is -0.791. The average Bonchev–Trinajstić information content (AvgIpc) is 3.25. The molecule has 184 valence electrons. The zero-order chi connectivity index (χ0) is 25.6. The second-order valence-corrected chi connectivity index (χ2v) is 9.88. The highest BCUT2D eigenvalue weighted by molar-refractivity contribution is 6.03. The first kappa shape index (κ1) is 23.9. The standard InChI is InChI=1S/C28H29FN6O/c1-17-20(14-30)6-5-7-23(17)18(2)31-26-24-15-35(22-10-8-21(29)9-11-22)27(36)28(12-13-34(4)16-28)25(24)32-19(3)33-26/h5-11,18H,12-13,15-16H2,1-4H3,(H,31,32,33)/t18-,28+/m1/s1. The van der Waals surface area contributed by atoms with Crippen LogP contribution in [0.15, 0.2) is 42.5 Å². The van der Waals surface area contributed by atoms with Gasteiger partial charge in [0, 0.05) is 17.8 Å². The van der Waals surface area contributed by atoms with Crippen LogP contribution in [0, 0.1) is 31.0 Å². The van der Waals surface area contributed by atoms with Crippen LogP contribution in [0.25, 0.3) is 0 Å². The molecular formula is C28H29FN6O. The Hall–Kier alpha value is -3.83. The predicted octanol–water partition coefficient (Wildman–Crippen LogP) is 4.40. The van der Waals surface area contributed by atoms with Crippen molar-refractivity contribution in [1.29, 1.82) is 5.26 Å². The molecule has 1 saturated heterocycles. The quantitative estimate of drug-likeness (QED) is 0.591. The molecule has 0 bridgehead atoms. The van der Waals surface area contributed by atoms with Crippen molar-refractivity contribution < 1.29 is 9.18 Å². The molecule has 2 atom stereocenters.